The first-order valence-electron chi connectivity index (χ1n) is 7.41. The topological polar surface area (TPSA) is 96.3 Å². The third kappa shape index (κ3) is 4.80. The Morgan fingerprint density at radius 2 is 1.85 bits per heavy atom. The van der Waals surface area contributed by atoms with Crippen molar-refractivity contribution in [1.82, 2.24) is 15.6 Å². The molecule has 0 fully saturated rings. The molecule has 0 unspecified atom stereocenters. The molecule has 3 rings (SSSR count). The second-order valence-electron chi connectivity index (χ2n) is 4.99. The number of nitrogens with one attached hydrogen (secondary N) is 2. The molecule has 0 aliphatic carbocycles. The fourth-order valence-electron chi connectivity index (χ4n) is 1.93. The summed E-state index contributed by atoms with van der Waals surface area (Å²) >= 11 is 4.51. The fourth-order valence-corrected chi connectivity index (χ4v) is 3.09. The van der Waals surface area contributed by atoms with E-state index in [4.69, 9.17) is 0 Å². The van der Waals surface area contributed by atoms with Crippen LogP contribution in [-0.4, -0.2) is 28.2 Å². The molecule has 130 valence electrons. The number of hydrogen-bond acceptors (Lipinski definition) is 6. The Bertz CT molecular complexity index is 959. The minimum absolute atomic E-state index is 0.236. The molecule has 0 bridgehead atoms. The molecule has 0 aliphatic heterocycles. The van der Waals surface area contributed by atoms with Crippen molar-refractivity contribution in [1.29, 1.82) is 0 Å². The minimum Gasteiger partial charge on any atom is -0.292 e. The lowest BCUT2D eigenvalue weighted by atomic mass is 10.2. The highest BCUT2D eigenvalue weighted by Gasteiger charge is 2.16. The van der Waals surface area contributed by atoms with Crippen molar-refractivity contribution in [2.75, 3.05) is 5.32 Å². The molecule has 0 atom stereocenters. The lowest BCUT2D eigenvalue weighted by Crippen LogP contribution is -2.32. The summed E-state index contributed by atoms with van der Waals surface area (Å²) in [6.07, 6.45) is 1.44. The van der Waals surface area contributed by atoms with Crippen molar-refractivity contribution in [2.45, 2.75) is 0 Å². The summed E-state index contributed by atoms with van der Waals surface area (Å²) in [6.45, 7) is 0. The normalized spacial score (nSPS) is 10.7. The van der Waals surface area contributed by atoms with E-state index in [-0.39, 0.29) is 5.13 Å². The van der Waals surface area contributed by atoms with Crippen molar-refractivity contribution in [3.05, 3.63) is 64.6 Å². The van der Waals surface area contributed by atoms with Gasteiger partial charge in [0.25, 0.3) is 0 Å². The van der Waals surface area contributed by atoms with Crippen molar-refractivity contribution >= 4 is 50.4 Å². The maximum atomic E-state index is 11.9. The summed E-state index contributed by atoms with van der Waals surface area (Å²) in [7, 11) is 0. The van der Waals surface area contributed by atoms with Gasteiger partial charge in [-0.25, -0.2) is 5.43 Å². The van der Waals surface area contributed by atoms with E-state index < -0.39 is 11.8 Å². The Labute approximate surface area is 161 Å². The van der Waals surface area contributed by atoms with Crippen LogP contribution in [0.5, 0.6) is 0 Å². The number of carbonyl (C=O) groups is 2. The predicted molar refractivity (Wildman–Crippen MR) is 104 cm³/mol. The molecule has 26 heavy (non-hydrogen) atoms. The molecule has 0 spiro atoms. The zero-order valence-electron chi connectivity index (χ0n) is 13.2. The predicted octanol–water partition coefficient (Wildman–Crippen LogP) is 3.06. The second-order valence-corrected chi connectivity index (χ2v) is 6.88. The Kier molecular flexibility index (Phi) is 5.82. The Morgan fingerprint density at radius 3 is 2.62 bits per heavy atom. The van der Waals surface area contributed by atoms with Gasteiger partial charge >= 0.3 is 11.8 Å². The first kappa shape index (κ1) is 17.9. The zero-order chi connectivity index (χ0) is 18.4. The number of nitrogens with zero attached hydrogens (tertiary/aromatic N) is 3. The maximum absolute atomic E-state index is 11.9. The molecule has 1 aromatic heterocycles. The SMILES string of the molecule is O=C(N/N=C/c1cccc(Br)c1)C(=O)Nc1nnc(-c2ccccc2)s1. The van der Waals surface area contributed by atoms with Crippen molar-refractivity contribution in [3.63, 3.8) is 0 Å². The van der Waals surface area contributed by atoms with E-state index in [9.17, 15) is 9.59 Å². The fraction of sp³-hybridized carbons (Fsp3) is 0. The average molecular weight is 430 g/mol. The lowest BCUT2D eigenvalue weighted by molar-refractivity contribution is -0.136. The molecule has 2 N–H and O–H groups in total. The Balaban J connectivity index is 1.56. The lowest BCUT2D eigenvalue weighted by Gasteiger charge is -1.99. The molecule has 0 aliphatic rings. The summed E-state index contributed by atoms with van der Waals surface area (Å²) in [5, 5.41) is 14.9. The number of anilines is 1. The van der Waals surface area contributed by atoms with Crippen LogP contribution in [-0.2, 0) is 9.59 Å². The molecule has 2 aromatic carbocycles. The average Bonchev–Trinajstić information content (AvgIpc) is 3.11. The number of carbonyl (C=O) groups excluding carboxylic acids is 2. The van der Waals surface area contributed by atoms with Gasteiger partial charge in [-0.1, -0.05) is 69.7 Å². The van der Waals surface area contributed by atoms with Gasteiger partial charge in [0.15, 0.2) is 0 Å². The smallest absolute Gasteiger partial charge is 0.292 e. The first-order chi connectivity index (χ1) is 12.6. The summed E-state index contributed by atoms with van der Waals surface area (Å²) in [5.41, 5.74) is 3.83. The second kappa shape index (κ2) is 8.45. The quantitative estimate of drug-likeness (QED) is 0.378. The van der Waals surface area contributed by atoms with Crippen LogP contribution in [0.15, 0.2) is 64.2 Å². The van der Waals surface area contributed by atoms with Crippen molar-refractivity contribution in [2.24, 2.45) is 5.10 Å². The number of rotatable bonds is 4. The van der Waals surface area contributed by atoms with Crippen LogP contribution in [0.1, 0.15) is 5.56 Å². The van der Waals surface area contributed by atoms with Gasteiger partial charge < -0.3 is 0 Å². The standard InChI is InChI=1S/C17H12BrN5O2S/c18-13-8-4-5-11(9-13)10-19-21-15(25)14(24)20-17-23-22-16(26-17)12-6-2-1-3-7-12/h1-10H,(H,21,25)(H,20,23,24)/b19-10+. The van der Waals surface area contributed by atoms with Crippen LogP contribution in [0, 0.1) is 0 Å². The molecule has 0 radical (unpaired) electrons. The van der Waals surface area contributed by atoms with Crippen LogP contribution in [0.4, 0.5) is 5.13 Å². The number of hydrazone groups is 1. The van der Waals surface area contributed by atoms with E-state index in [2.05, 4.69) is 42.0 Å². The third-order valence-electron chi connectivity index (χ3n) is 3.10. The highest BCUT2D eigenvalue weighted by Crippen LogP contribution is 2.25. The van der Waals surface area contributed by atoms with Gasteiger partial charge in [-0.3, -0.25) is 14.9 Å². The third-order valence-corrected chi connectivity index (χ3v) is 4.48. The molecule has 7 nitrogen and oxygen atoms in total. The molecule has 3 aromatic rings. The molecule has 9 heteroatoms. The molecule has 0 saturated carbocycles. The van der Waals surface area contributed by atoms with E-state index in [1.54, 1.807) is 0 Å². The van der Waals surface area contributed by atoms with Gasteiger partial charge in [-0.15, -0.1) is 10.2 Å². The molecular weight excluding hydrogens is 418 g/mol. The number of hydrogen-bond donors (Lipinski definition) is 2. The summed E-state index contributed by atoms with van der Waals surface area (Å²) < 4.78 is 0.885. The largest absolute Gasteiger partial charge is 0.329 e. The van der Waals surface area contributed by atoms with Gasteiger partial charge in [0.1, 0.15) is 5.01 Å². The van der Waals surface area contributed by atoms with E-state index >= 15 is 0 Å². The Hall–Kier alpha value is -2.91. The molecule has 2 amide bonds. The van der Waals surface area contributed by atoms with E-state index in [0.29, 0.717) is 5.01 Å². The monoisotopic (exact) mass is 429 g/mol. The van der Waals surface area contributed by atoms with Crippen LogP contribution >= 0.6 is 27.3 Å². The van der Waals surface area contributed by atoms with E-state index in [1.165, 1.54) is 17.6 Å². The van der Waals surface area contributed by atoms with Gasteiger partial charge in [0.2, 0.25) is 5.13 Å². The Morgan fingerprint density at radius 1 is 1.04 bits per heavy atom. The van der Waals surface area contributed by atoms with Gasteiger partial charge in [0.05, 0.1) is 6.21 Å². The highest BCUT2D eigenvalue weighted by atomic mass is 79.9. The van der Waals surface area contributed by atoms with Crippen molar-refractivity contribution < 1.29 is 9.59 Å². The van der Waals surface area contributed by atoms with Crippen LogP contribution in [0.2, 0.25) is 0 Å². The van der Waals surface area contributed by atoms with E-state index in [1.807, 2.05) is 54.6 Å². The maximum Gasteiger partial charge on any atom is 0.329 e. The number of benzene rings is 2. The molecular formula is C17H12BrN5O2S. The van der Waals surface area contributed by atoms with Crippen LogP contribution < -0.4 is 10.7 Å². The molecule has 1 heterocycles. The van der Waals surface area contributed by atoms with E-state index in [0.717, 1.165) is 15.6 Å². The zero-order valence-corrected chi connectivity index (χ0v) is 15.6. The minimum atomic E-state index is -0.896. The summed E-state index contributed by atoms with van der Waals surface area (Å²) in [5.74, 6) is -1.76. The summed E-state index contributed by atoms with van der Waals surface area (Å²) in [6, 6.07) is 16.8. The molecule has 0 saturated heterocycles. The number of amides is 2. The van der Waals surface area contributed by atoms with Gasteiger partial charge in [0, 0.05) is 10.0 Å². The number of halogens is 1. The van der Waals surface area contributed by atoms with Crippen LogP contribution in [0.25, 0.3) is 10.6 Å². The van der Waals surface area contributed by atoms with Gasteiger partial charge in [-0.05, 0) is 17.7 Å². The highest BCUT2D eigenvalue weighted by molar-refractivity contribution is 9.10. The van der Waals surface area contributed by atoms with Crippen molar-refractivity contribution in [3.8, 4) is 10.6 Å². The van der Waals surface area contributed by atoms with Gasteiger partial charge in [-0.2, -0.15) is 5.10 Å². The summed E-state index contributed by atoms with van der Waals surface area (Å²) in [4.78, 5) is 23.7. The number of aromatic nitrogens is 2. The first-order valence-corrected chi connectivity index (χ1v) is 9.01. The van der Waals surface area contributed by atoms with Crippen LogP contribution in [0.3, 0.4) is 0 Å².